The third kappa shape index (κ3) is 2.69. The molecule has 7 nitrogen and oxygen atoms in total. The van der Waals surface area contributed by atoms with Gasteiger partial charge >= 0.3 is 0 Å². The largest absolute Gasteiger partial charge is 0.424 e. The number of aliphatic hydroxyl groups excluding tert-OH is 2. The zero-order chi connectivity index (χ0) is 25.3. The van der Waals surface area contributed by atoms with E-state index in [2.05, 4.69) is 24.1 Å². The molecular weight excluding hydrogens is 461 g/mol. The van der Waals surface area contributed by atoms with Gasteiger partial charge < -0.3 is 30.0 Å². The van der Waals surface area contributed by atoms with E-state index >= 15 is 4.39 Å². The van der Waals surface area contributed by atoms with Crippen molar-refractivity contribution in [1.29, 1.82) is 0 Å². The number of hydrogen-bond donors (Lipinski definition) is 3. The molecule has 2 saturated heterocycles. The van der Waals surface area contributed by atoms with E-state index in [4.69, 9.17) is 14.9 Å². The number of rotatable bonds is 2. The average Bonchev–Trinajstić information content (AvgIpc) is 3.49. The van der Waals surface area contributed by atoms with E-state index < -0.39 is 29.1 Å². The SMILES string of the molecule is CN(C)C1CC23CCC4(O2)C2CC=C(c5ccc6oc(N)nc6c5)C2(C)CCC4(F)CC3C(O)C1O. The summed E-state index contributed by atoms with van der Waals surface area (Å²) in [6, 6.07) is 5.93. The topological polar surface area (TPSA) is 105 Å². The van der Waals surface area contributed by atoms with E-state index in [9.17, 15) is 10.2 Å². The van der Waals surface area contributed by atoms with E-state index in [1.165, 1.54) is 5.57 Å². The van der Waals surface area contributed by atoms with Gasteiger partial charge in [-0.15, -0.1) is 0 Å². The van der Waals surface area contributed by atoms with Gasteiger partial charge in [0.1, 0.15) is 16.8 Å². The highest BCUT2D eigenvalue weighted by Gasteiger charge is 2.77. The van der Waals surface area contributed by atoms with Crippen molar-refractivity contribution in [2.75, 3.05) is 19.8 Å². The zero-order valence-electron chi connectivity index (χ0n) is 21.2. The van der Waals surface area contributed by atoms with Crippen LogP contribution in [0.3, 0.4) is 0 Å². The molecular formula is C28H36FN3O4. The molecule has 3 heterocycles. The van der Waals surface area contributed by atoms with E-state index in [0.29, 0.717) is 31.3 Å². The lowest BCUT2D eigenvalue weighted by Crippen LogP contribution is -2.72. The van der Waals surface area contributed by atoms with Gasteiger partial charge in [-0.25, -0.2) is 4.39 Å². The number of aliphatic hydroxyl groups is 2. The van der Waals surface area contributed by atoms with E-state index in [-0.39, 0.29) is 35.7 Å². The first-order valence-electron chi connectivity index (χ1n) is 13.3. The lowest BCUT2D eigenvalue weighted by molar-refractivity contribution is -0.314. The second kappa shape index (κ2) is 7.10. The molecule has 7 rings (SSSR count). The van der Waals surface area contributed by atoms with Gasteiger partial charge in [-0.05, 0) is 87.7 Å². The monoisotopic (exact) mass is 497 g/mol. The highest BCUT2D eigenvalue weighted by molar-refractivity contribution is 5.82. The first-order valence-corrected chi connectivity index (χ1v) is 13.3. The normalized spacial score (nSPS) is 47.5. The Balaban J connectivity index is 1.27. The molecule has 0 radical (unpaired) electrons. The summed E-state index contributed by atoms with van der Waals surface area (Å²) in [5.74, 6) is -0.374. The summed E-state index contributed by atoms with van der Waals surface area (Å²) in [7, 11) is 3.85. The van der Waals surface area contributed by atoms with Crippen LogP contribution < -0.4 is 5.73 Å². The fraction of sp³-hybridized carbons (Fsp3) is 0.679. The van der Waals surface area contributed by atoms with Crippen molar-refractivity contribution in [2.45, 2.75) is 87.0 Å². The summed E-state index contributed by atoms with van der Waals surface area (Å²) in [6.07, 6.45) is 4.52. The number of aromatic nitrogens is 1. The van der Waals surface area contributed by atoms with E-state index in [0.717, 1.165) is 23.9 Å². The molecule has 9 unspecified atom stereocenters. The Morgan fingerprint density at radius 3 is 2.69 bits per heavy atom. The van der Waals surface area contributed by atoms with Crippen molar-refractivity contribution in [3.8, 4) is 0 Å². The van der Waals surface area contributed by atoms with Crippen LogP contribution in [0, 0.1) is 17.3 Å². The molecule has 0 amide bonds. The Morgan fingerprint density at radius 2 is 1.92 bits per heavy atom. The molecule has 2 spiro atoms. The molecule has 2 saturated carbocycles. The molecule has 36 heavy (non-hydrogen) atoms. The van der Waals surface area contributed by atoms with Crippen molar-refractivity contribution in [3.63, 3.8) is 0 Å². The number of halogens is 1. The van der Waals surface area contributed by atoms with Gasteiger partial charge in [-0.3, -0.25) is 0 Å². The number of alkyl halides is 1. The number of nitrogens with two attached hydrogens (primary N) is 1. The van der Waals surface area contributed by atoms with Gasteiger partial charge in [0.05, 0.1) is 17.8 Å². The predicted molar refractivity (Wildman–Crippen MR) is 134 cm³/mol. The highest BCUT2D eigenvalue weighted by atomic mass is 19.1. The Hall–Kier alpha value is -2.00. The van der Waals surface area contributed by atoms with Crippen molar-refractivity contribution < 1.29 is 23.8 Å². The highest BCUT2D eigenvalue weighted by Crippen LogP contribution is 2.72. The minimum atomic E-state index is -1.51. The Bertz CT molecular complexity index is 1280. The van der Waals surface area contributed by atoms with Gasteiger partial charge in [0.15, 0.2) is 5.58 Å². The zero-order valence-corrected chi connectivity index (χ0v) is 21.2. The van der Waals surface area contributed by atoms with Gasteiger partial charge in [-0.1, -0.05) is 19.1 Å². The van der Waals surface area contributed by atoms with Crippen LogP contribution >= 0.6 is 0 Å². The van der Waals surface area contributed by atoms with Gasteiger partial charge in [0.2, 0.25) is 0 Å². The summed E-state index contributed by atoms with van der Waals surface area (Å²) in [5, 5.41) is 22.1. The maximum absolute atomic E-state index is 17.2. The molecule has 2 aliphatic heterocycles. The maximum Gasteiger partial charge on any atom is 0.292 e. The number of ether oxygens (including phenoxy) is 1. The Kier molecular flexibility index (Phi) is 4.56. The van der Waals surface area contributed by atoms with Crippen molar-refractivity contribution >= 4 is 22.7 Å². The predicted octanol–water partition coefficient (Wildman–Crippen LogP) is 3.69. The summed E-state index contributed by atoms with van der Waals surface area (Å²) in [5.41, 5.74) is 6.24. The number of allylic oxidation sites excluding steroid dienone is 2. The Morgan fingerprint density at radius 1 is 1.11 bits per heavy atom. The molecule has 4 N–H and O–H groups in total. The lowest BCUT2D eigenvalue weighted by Gasteiger charge is -2.64. The van der Waals surface area contributed by atoms with Crippen molar-refractivity contribution in [1.82, 2.24) is 9.88 Å². The number of anilines is 1. The van der Waals surface area contributed by atoms with Crippen molar-refractivity contribution in [2.24, 2.45) is 17.3 Å². The van der Waals surface area contributed by atoms with Crippen LogP contribution in [-0.2, 0) is 4.74 Å². The quantitative estimate of drug-likeness (QED) is 0.581. The summed E-state index contributed by atoms with van der Waals surface area (Å²) in [6.45, 7) is 2.27. The fourth-order valence-electron chi connectivity index (χ4n) is 9.12. The van der Waals surface area contributed by atoms with Crippen LogP contribution in [0.1, 0.15) is 57.4 Å². The Labute approximate surface area is 210 Å². The van der Waals surface area contributed by atoms with Crippen LogP contribution in [0.25, 0.3) is 16.7 Å². The first-order chi connectivity index (χ1) is 17.0. The van der Waals surface area contributed by atoms with Crippen LogP contribution in [0.15, 0.2) is 28.7 Å². The van der Waals surface area contributed by atoms with Crippen LogP contribution in [-0.4, -0.2) is 69.3 Å². The molecule has 2 aromatic rings. The number of benzene rings is 1. The van der Waals surface area contributed by atoms with Gasteiger partial charge in [-0.2, -0.15) is 4.98 Å². The van der Waals surface area contributed by atoms with Crippen molar-refractivity contribution in [3.05, 3.63) is 29.8 Å². The van der Waals surface area contributed by atoms with E-state index in [1.807, 2.05) is 31.1 Å². The number of likely N-dealkylation sites (N-methyl/N-ethyl adjacent to an activating group) is 1. The second-order valence-electron chi connectivity index (χ2n) is 12.6. The number of oxazole rings is 1. The maximum atomic E-state index is 17.2. The molecule has 9 atom stereocenters. The van der Waals surface area contributed by atoms with Gasteiger partial charge in [0.25, 0.3) is 6.01 Å². The molecule has 4 fully saturated rings. The third-order valence-corrected chi connectivity index (χ3v) is 10.9. The van der Waals surface area contributed by atoms with Crippen LogP contribution in [0.2, 0.25) is 0 Å². The molecule has 1 aromatic heterocycles. The van der Waals surface area contributed by atoms with Crippen LogP contribution in [0.5, 0.6) is 0 Å². The van der Waals surface area contributed by atoms with Crippen LogP contribution in [0.4, 0.5) is 10.4 Å². The molecule has 194 valence electrons. The molecule has 1 aromatic carbocycles. The number of nitrogens with zero attached hydrogens (tertiary/aromatic N) is 2. The number of hydrogen-bond acceptors (Lipinski definition) is 7. The fourth-order valence-corrected chi connectivity index (χ4v) is 9.12. The van der Waals surface area contributed by atoms with E-state index in [1.54, 1.807) is 0 Å². The summed E-state index contributed by atoms with van der Waals surface area (Å²) in [4.78, 5) is 6.28. The lowest BCUT2D eigenvalue weighted by atomic mass is 9.51. The summed E-state index contributed by atoms with van der Waals surface area (Å²) >= 11 is 0. The van der Waals surface area contributed by atoms with Gasteiger partial charge in [0, 0.05) is 17.9 Å². The third-order valence-electron chi connectivity index (χ3n) is 10.9. The smallest absolute Gasteiger partial charge is 0.292 e. The molecule has 5 aliphatic rings. The average molecular weight is 498 g/mol. The minimum absolute atomic E-state index is 0.0129. The minimum Gasteiger partial charge on any atom is -0.424 e. The molecule has 3 aliphatic carbocycles. The molecule has 8 heteroatoms. The molecule has 2 bridgehead atoms. The number of nitrogen functional groups attached to an aromatic ring is 1. The number of fused-ring (bicyclic) bond motifs is 2. The first kappa shape index (κ1) is 23.1. The standard InChI is InChI=1S/C28H36FN3O4/c1-25-8-10-27(29)13-17-22(33)23(34)19(32(2)3)14-26(17)9-11-28(27,36-26)21(25)7-5-16(25)15-4-6-20-18(12-15)31-24(30)35-20/h4-6,12,17,19,21-23,33-34H,7-11,13-14H2,1-3H3,(H2,30,31). The summed E-state index contributed by atoms with van der Waals surface area (Å²) < 4.78 is 29.7. The second-order valence-corrected chi connectivity index (χ2v) is 12.6.